The molecule has 2 fully saturated rings. The molecule has 0 aliphatic carbocycles. The van der Waals surface area contributed by atoms with Crippen molar-refractivity contribution in [3.63, 3.8) is 0 Å². The van der Waals surface area contributed by atoms with Crippen molar-refractivity contribution >= 4 is 5.69 Å². The Bertz CT molecular complexity index is 725. The van der Waals surface area contributed by atoms with Crippen molar-refractivity contribution in [1.82, 2.24) is 0 Å². The van der Waals surface area contributed by atoms with E-state index in [4.69, 9.17) is 24.7 Å². The molecule has 2 aliphatic rings. The summed E-state index contributed by atoms with van der Waals surface area (Å²) in [5, 5.41) is 21.0. The Hall–Kier alpha value is -2.16. The van der Waals surface area contributed by atoms with Gasteiger partial charge in [0.05, 0.1) is 6.61 Å². The standard InChI is InChI=1S/C19H21NO6/c20-12-6-8-13(9-7-12)24-17-15(21)16-14(25-18(17)22)10-23-19(26-16)11-4-2-1-3-5-11/h1-9,14-19,21-22H,10,20H2/t14-,15+,16+,17-,18+,19?/m1/s1. The molecule has 0 spiro atoms. The van der Waals surface area contributed by atoms with E-state index in [-0.39, 0.29) is 6.61 Å². The maximum Gasteiger partial charge on any atom is 0.195 e. The first-order chi connectivity index (χ1) is 12.6. The van der Waals surface area contributed by atoms with Gasteiger partial charge in [-0.3, -0.25) is 0 Å². The van der Waals surface area contributed by atoms with Crippen LogP contribution in [0.2, 0.25) is 0 Å². The van der Waals surface area contributed by atoms with Gasteiger partial charge in [0.25, 0.3) is 0 Å². The van der Waals surface area contributed by atoms with Crippen LogP contribution in [0.4, 0.5) is 5.69 Å². The number of aliphatic hydroxyl groups is 2. The zero-order chi connectivity index (χ0) is 18.1. The van der Waals surface area contributed by atoms with Gasteiger partial charge in [0.2, 0.25) is 0 Å². The third-order valence-corrected chi connectivity index (χ3v) is 4.55. The highest BCUT2D eigenvalue weighted by Crippen LogP contribution is 2.34. The highest BCUT2D eigenvalue weighted by molar-refractivity contribution is 5.41. The lowest BCUT2D eigenvalue weighted by Gasteiger charge is -2.46. The monoisotopic (exact) mass is 359 g/mol. The van der Waals surface area contributed by atoms with Gasteiger partial charge >= 0.3 is 0 Å². The normalized spacial score (nSPS) is 34.1. The maximum absolute atomic E-state index is 10.7. The first kappa shape index (κ1) is 17.3. The largest absolute Gasteiger partial charge is 0.482 e. The van der Waals surface area contributed by atoms with Crippen molar-refractivity contribution in [1.29, 1.82) is 0 Å². The number of fused-ring (bicyclic) bond motifs is 1. The fraction of sp³-hybridized carbons (Fsp3) is 0.368. The Kier molecular flexibility index (Phi) is 4.80. The number of benzene rings is 2. The van der Waals surface area contributed by atoms with E-state index in [0.29, 0.717) is 11.4 Å². The van der Waals surface area contributed by atoms with Crippen molar-refractivity contribution < 1.29 is 29.2 Å². The van der Waals surface area contributed by atoms with Gasteiger partial charge in [0.15, 0.2) is 18.7 Å². The molecule has 2 heterocycles. The van der Waals surface area contributed by atoms with Gasteiger partial charge in [-0.25, -0.2) is 0 Å². The van der Waals surface area contributed by atoms with Crippen LogP contribution in [-0.4, -0.2) is 47.5 Å². The molecule has 0 saturated carbocycles. The Morgan fingerprint density at radius 3 is 2.42 bits per heavy atom. The number of nitrogens with two attached hydrogens (primary N) is 1. The van der Waals surface area contributed by atoms with E-state index in [1.54, 1.807) is 24.3 Å². The van der Waals surface area contributed by atoms with Crippen LogP contribution in [0.3, 0.4) is 0 Å². The van der Waals surface area contributed by atoms with Crippen LogP contribution in [0, 0.1) is 0 Å². The number of rotatable bonds is 3. The van der Waals surface area contributed by atoms with Crippen molar-refractivity contribution in [2.75, 3.05) is 12.3 Å². The highest BCUT2D eigenvalue weighted by Gasteiger charge is 2.50. The molecule has 26 heavy (non-hydrogen) atoms. The van der Waals surface area contributed by atoms with Crippen LogP contribution in [0.15, 0.2) is 54.6 Å². The van der Waals surface area contributed by atoms with Crippen molar-refractivity contribution in [2.24, 2.45) is 0 Å². The maximum atomic E-state index is 10.7. The van der Waals surface area contributed by atoms with Gasteiger partial charge in [0.1, 0.15) is 24.1 Å². The van der Waals surface area contributed by atoms with Crippen LogP contribution >= 0.6 is 0 Å². The first-order valence-electron chi connectivity index (χ1n) is 8.47. The molecule has 7 heteroatoms. The molecule has 2 saturated heterocycles. The molecule has 0 amide bonds. The van der Waals surface area contributed by atoms with Crippen LogP contribution in [0.1, 0.15) is 11.9 Å². The number of hydrogen-bond donors (Lipinski definition) is 3. The Morgan fingerprint density at radius 1 is 0.962 bits per heavy atom. The van der Waals surface area contributed by atoms with Crippen LogP contribution in [0.25, 0.3) is 0 Å². The summed E-state index contributed by atoms with van der Waals surface area (Å²) in [5.41, 5.74) is 7.10. The Balaban J connectivity index is 1.49. The van der Waals surface area contributed by atoms with Crippen LogP contribution < -0.4 is 10.5 Å². The molecule has 2 aromatic carbocycles. The second-order valence-electron chi connectivity index (χ2n) is 6.38. The Morgan fingerprint density at radius 2 is 1.69 bits per heavy atom. The SMILES string of the molecule is Nc1ccc(O[C@@H]2[C@@H](O)[C@H]3OC(c4ccccc4)OC[C@H]3O[C@@H]2O)cc1. The summed E-state index contributed by atoms with van der Waals surface area (Å²) >= 11 is 0. The number of ether oxygens (including phenoxy) is 4. The minimum Gasteiger partial charge on any atom is -0.482 e. The number of nitrogen functional groups attached to an aromatic ring is 1. The van der Waals surface area contributed by atoms with Gasteiger partial charge in [-0.2, -0.15) is 0 Å². The molecule has 138 valence electrons. The molecule has 4 rings (SSSR count). The molecule has 0 aromatic heterocycles. The molecule has 2 aromatic rings. The molecular formula is C19H21NO6. The molecule has 1 unspecified atom stereocenters. The number of hydrogen-bond acceptors (Lipinski definition) is 7. The average molecular weight is 359 g/mol. The van der Waals surface area contributed by atoms with Crippen molar-refractivity contribution in [3.05, 3.63) is 60.2 Å². The van der Waals surface area contributed by atoms with E-state index in [0.717, 1.165) is 5.56 Å². The molecular weight excluding hydrogens is 338 g/mol. The zero-order valence-corrected chi connectivity index (χ0v) is 14.0. The summed E-state index contributed by atoms with van der Waals surface area (Å²) in [7, 11) is 0. The van der Waals surface area contributed by atoms with Gasteiger partial charge in [0, 0.05) is 11.3 Å². The lowest BCUT2D eigenvalue weighted by Crippen LogP contribution is -2.63. The lowest BCUT2D eigenvalue weighted by atomic mass is 9.97. The zero-order valence-electron chi connectivity index (χ0n) is 14.0. The Labute approximate surface area is 150 Å². The molecule has 7 nitrogen and oxygen atoms in total. The molecule has 6 atom stereocenters. The smallest absolute Gasteiger partial charge is 0.195 e. The molecule has 0 bridgehead atoms. The summed E-state index contributed by atoms with van der Waals surface area (Å²) in [6, 6.07) is 16.1. The van der Waals surface area contributed by atoms with E-state index in [1.807, 2.05) is 30.3 Å². The van der Waals surface area contributed by atoms with Crippen LogP contribution in [-0.2, 0) is 14.2 Å². The van der Waals surface area contributed by atoms with E-state index in [9.17, 15) is 10.2 Å². The minimum atomic E-state index is -1.30. The van der Waals surface area contributed by atoms with Crippen molar-refractivity contribution in [3.8, 4) is 5.75 Å². The highest BCUT2D eigenvalue weighted by atomic mass is 16.7. The average Bonchev–Trinajstić information content (AvgIpc) is 2.67. The lowest BCUT2D eigenvalue weighted by molar-refractivity contribution is -0.351. The molecule has 2 aliphatic heterocycles. The van der Waals surface area contributed by atoms with Gasteiger partial charge in [-0.05, 0) is 24.3 Å². The third-order valence-electron chi connectivity index (χ3n) is 4.55. The van der Waals surface area contributed by atoms with E-state index >= 15 is 0 Å². The minimum absolute atomic E-state index is 0.201. The molecule has 0 radical (unpaired) electrons. The van der Waals surface area contributed by atoms with E-state index in [2.05, 4.69) is 0 Å². The second-order valence-corrected chi connectivity index (χ2v) is 6.38. The second kappa shape index (κ2) is 7.22. The topological polar surface area (TPSA) is 103 Å². The molecule has 4 N–H and O–H groups in total. The predicted molar refractivity (Wildman–Crippen MR) is 92.2 cm³/mol. The van der Waals surface area contributed by atoms with E-state index < -0.39 is 37.0 Å². The fourth-order valence-electron chi connectivity index (χ4n) is 3.19. The predicted octanol–water partition coefficient (Wildman–Crippen LogP) is 1.21. The summed E-state index contributed by atoms with van der Waals surface area (Å²) < 4.78 is 22.9. The quantitative estimate of drug-likeness (QED) is 0.708. The summed E-state index contributed by atoms with van der Waals surface area (Å²) in [6.45, 7) is 0.201. The fourth-order valence-corrected chi connectivity index (χ4v) is 3.19. The number of anilines is 1. The summed E-state index contributed by atoms with van der Waals surface area (Å²) in [5.74, 6) is 0.469. The summed E-state index contributed by atoms with van der Waals surface area (Å²) in [6.07, 6.45) is -5.25. The number of aliphatic hydroxyl groups excluding tert-OH is 2. The van der Waals surface area contributed by atoms with E-state index in [1.165, 1.54) is 0 Å². The third kappa shape index (κ3) is 3.40. The van der Waals surface area contributed by atoms with Crippen LogP contribution in [0.5, 0.6) is 5.75 Å². The van der Waals surface area contributed by atoms with Gasteiger partial charge in [-0.15, -0.1) is 0 Å². The first-order valence-corrected chi connectivity index (χ1v) is 8.47. The van der Waals surface area contributed by atoms with Gasteiger partial charge in [-0.1, -0.05) is 30.3 Å². The van der Waals surface area contributed by atoms with Crippen molar-refractivity contribution in [2.45, 2.75) is 37.0 Å². The van der Waals surface area contributed by atoms with Gasteiger partial charge < -0.3 is 34.9 Å². The summed E-state index contributed by atoms with van der Waals surface area (Å²) in [4.78, 5) is 0.